The van der Waals surface area contributed by atoms with Gasteiger partial charge in [-0.15, -0.1) is 0 Å². The molecule has 2 aromatic rings. The summed E-state index contributed by atoms with van der Waals surface area (Å²) in [6, 6.07) is 17.3. The Morgan fingerprint density at radius 2 is 1.53 bits per heavy atom. The van der Waals surface area contributed by atoms with Gasteiger partial charge >= 0.3 is 0 Å². The topological polar surface area (TPSA) is 41.1 Å². The molecular weight excluding hydrogens is 236 g/mol. The molecule has 3 nitrogen and oxygen atoms in total. The lowest BCUT2D eigenvalue weighted by atomic mass is 9.99. The van der Waals surface area contributed by atoms with Crippen LogP contribution in [0.3, 0.4) is 0 Å². The smallest absolute Gasteiger partial charge is 0.253 e. The molecule has 0 aromatic heterocycles. The molecule has 1 amide bonds. The molecule has 19 heavy (non-hydrogen) atoms. The normalized spacial score (nSPS) is 18.0. The van der Waals surface area contributed by atoms with E-state index in [-0.39, 0.29) is 11.9 Å². The zero-order valence-electron chi connectivity index (χ0n) is 10.4. The number of para-hydroxylation sites is 2. The van der Waals surface area contributed by atoms with Crippen LogP contribution in [-0.2, 0) is 4.79 Å². The van der Waals surface area contributed by atoms with E-state index in [1.54, 1.807) is 0 Å². The van der Waals surface area contributed by atoms with Gasteiger partial charge in [0.15, 0.2) is 0 Å². The van der Waals surface area contributed by atoms with Crippen LogP contribution in [0.1, 0.15) is 11.6 Å². The summed E-state index contributed by atoms with van der Waals surface area (Å²) in [5, 5.41) is 6.24. The fourth-order valence-corrected chi connectivity index (χ4v) is 2.22. The van der Waals surface area contributed by atoms with Gasteiger partial charge in [0.05, 0.1) is 17.4 Å². The van der Waals surface area contributed by atoms with E-state index in [9.17, 15) is 4.79 Å². The summed E-state index contributed by atoms with van der Waals surface area (Å²) in [6.07, 6.45) is 0. The van der Waals surface area contributed by atoms with Gasteiger partial charge in [-0.25, -0.2) is 0 Å². The molecule has 3 heteroatoms. The zero-order chi connectivity index (χ0) is 13.2. The summed E-state index contributed by atoms with van der Waals surface area (Å²) >= 11 is 0. The minimum atomic E-state index is -0.204. The van der Waals surface area contributed by atoms with Gasteiger partial charge in [0.2, 0.25) is 0 Å². The molecule has 94 valence electrons. The Kier molecular flexibility index (Phi) is 2.80. The Bertz CT molecular complexity index is 634. The molecule has 0 radical (unpaired) electrons. The first kappa shape index (κ1) is 11.5. The molecule has 0 fully saturated rings. The van der Waals surface area contributed by atoms with Crippen molar-refractivity contribution in [3.05, 3.63) is 72.3 Å². The third kappa shape index (κ3) is 2.10. The van der Waals surface area contributed by atoms with Crippen LogP contribution >= 0.6 is 0 Å². The number of rotatable bonds is 1. The molecule has 1 aliphatic rings. The number of carbonyl (C=O) groups excluding carboxylic acids is 1. The Morgan fingerprint density at radius 1 is 0.895 bits per heavy atom. The Morgan fingerprint density at radius 3 is 2.26 bits per heavy atom. The largest absolute Gasteiger partial charge is 0.372 e. The van der Waals surface area contributed by atoms with Gasteiger partial charge in [0.1, 0.15) is 0 Å². The second-order valence-corrected chi connectivity index (χ2v) is 4.51. The maximum Gasteiger partial charge on any atom is 0.253 e. The van der Waals surface area contributed by atoms with Crippen molar-refractivity contribution in [2.24, 2.45) is 0 Å². The summed E-state index contributed by atoms with van der Waals surface area (Å²) in [6.45, 7) is 3.92. The third-order valence-corrected chi connectivity index (χ3v) is 3.25. The molecule has 1 unspecified atom stereocenters. The van der Waals surface area contributed by atoms with E-state index in [0.29, 0.717) is 5.57 Å². The third-order valence-electron chi connectivity index (χ3n) is 3.25. The molecule has 1 atom stereocenters. The van der Waals surface area contributed by atoms with Crippen molar-refractivity contribution >= 4 is 17.3 Å². The van der Waals surface area contributed by atoms with Crippen molar-refractivity contribution in [3.8, 4) is 0 Å². The fourth-order valence-electron chi connectivity index (χ4n) is 2.22. The fraction of sp³-hybridized carbons (Fsp3) is 0.0625. The number of amides is 1. The molecule has 1 heterocycles. The van der Waals surface area contributed by atoms with E-state index < -0.39 is 0 Å². The van der Waals surface area contributed by atoms with Gasteiger partial charge in [-0.05, 0) is 17.7 Å². The minimum absolute atomic E-state index is 0.147. The lowest BCUT2D eigenvalue weighted by Gasteiger charge is -2.18. The van der Waals surface area contributed by atoms with Crippen molar-refractivity contribution in [2.45, 2.75) is 6.04 Å². The summed E-state index contributed by atoms with van der Waals surface area (Å²) in [5.41, 5.74) is 3.23. The quantitative estimate of drug-likeness (QED) is 0.762. The van der Waals surface area contributed by atoms with Crippen LogP contribution in [0.5, 0.6) is 0 Å². The second-order valence-electron chi connectivity index (χ2n) is 4.51. The Hall–Kier alpha value is -2.55. The molecule has 2 aromatic carbocycles. The maximum absolute atomic E-state index is 12.1. The molecular formula is C16H14N2O. The van der Waals surface area contributed by atoms with Crippen LogP contribution < -0.4 is 10.6 Å². The summed E-state index contributed by atoms with van der Waals surface area (Å²) in [4.78, 5) is 12.1. The Labute approximate surface area is 112 Å². The van der Waals surface area contributed by atoms with E-state index in [1.807, 2.05) is 54.6 Å². The Balaban J connectivity index is 2.06. The second kappa shape index (κ2) is 4.61. The predicted molar refractivity (Wildman–Crippen MR) is 77.0 cm³/mol. The van der Waals surface area contributed by atoms with Crippen molar-refractivity contribution < 1.29 is 4.79 Å². The molecule has 0 aliphatic carbocycles. The van der Waals surface area contributed by atoms with Gasteiger partial charge in [0.25, 0.3) is 5.91 Å². The van der Waals surface area contributed by atoms with Gasteiger partial charge in [-0.2, -0.15) is 0 Å². The summed E-state index contributed by atoms with van der Waals surface area (Å²) in [5.74, 6) is -0.147. The molecule has 2 N–H and O–H groups in total. The van der Waals surface area contributed by atoms with Crippen molar-refractivity contribution in [1.82, 2.24) is 0 Å². The lowest BCUT2D eigenvalue weighted by molar-refractivity contribution is -0.113. The highest BCUT2D eigenvalue weighted by molar-refractivity contribution is 6.07. The van der Waals surface area contributed by atoms with Crippen molar-refractivity contribution in [2.75, 3.05) is 10.6 Å². The molecule has 0 spiro atoms. The molecule has 3 rings (SSSR count). The monoisotopic (exact) mass is 250 g/mol. The van der Waals surface area contributed by atoms with E-state index in [4.69, 9.17) is 0 Å². The first-order valence-corrected chi connectivity index (χ1v) is 6.16. The van der Waals surface area contributed by atoms with Gasteiger partial charge in [0, 0.05) is 5.57 Å². The first-order valence-electron chi connectivity index (χ1n) is 6.16. The minimum Gasteiger partial charge on any atom is -0.372 e. The average Bonchev–Trinajstić information content (AvgIpc) is 2.58. The summed E-state index contributed by atoms with van der Waals surface area (Å²) in [7, 11) is 0. The number of nitrogens with one attached hydrogen (secondary N) is 2. The van der Waals surface area contributed by atoms with Crippen molar-refractivity contribution in [1.29, 1.82) is 0 Å². The highest BCUT2D eigenvalue weighted by Gasteiger charge is 2.25. The lowest BCUT2D eigenvalue weighted by Crippen LogP contribution is -2.19. The standard InChI is InChI=1S/C16H14N2O/c1-11-15(12-7-3-2-4-8-12)17-13-9-5-6-10-14(13)18-16(11)19/h2-10,15,17H,1H2,(H,18,19). The van der Waals surface area contributed by atoms with Crippen molar-refractivity contribution in [3.63, 3.8) is 0 Å². The zero-order valence-corrected chi connectivity index (χ0v) is 10.4. The van der Waals surface area contributed by atoms with E-state index in [1.165, 1.54) is 0 Å². The maximum atomic E-state index is 12.1. The number of fused-ring (bicyclic) bond motifs is 1. The number of benzene rings is 2. The molecule has 1 aliphatic heterocycles. The van der Waals surface area contributed by atoms with E-state index in [2.05, 4.69) is 17.2 Å². The molecule has 0 saturated carbocycles. The predicted octanol–water partition coefficient (Wildman–Crippen LogP) is 3.35. The SMILES string of the molecule is C=C1C(=O)Nc2ccccc2NC1c1ccccc1. The van der Waals surface area contributed by atoms with Crippen LogP contribution in [-0.4, -0.2) is 5.91 Å². The number of carbonyl (C=O) groups is 1. The van der Waals surface area contributed by atoms with Crippen LogP contribution in [0.4, 0.5) is 11.4 Å². The van der Waals surface area contributed by atoms with Gasteiger partial charge in [-0.1, -0.05) is 49.0 Å². The van der Waals surface area contributed by atoms with E-state index >= 15 is 0 Å². The highest BCUT2D eigenvalue weighted by Crippen LogP contribution is 2.33. The van der Waals surface area contributed by atoms with Crippen LogP contribution in [0.25, 0.3) is 0 Å². The number of anilines is 2. The van der Waals surface area contributed by atoms with Gasteiger partial charge < -0.3 is 10.6 Å². The number of hydrogen-bond acceptors (Lipinski definition) is 2. The average molecular weight is 250 g/mol. The van der Waals surface area contributed by atoms with E-state index in [0.717, 1.165) is 16.9 Å². The highest BCUT2D eigenvalue weighted by atomic mass is 16.1. The molecule has 0 saturated heterocycles. The number of hydrogen-bond donors (Lipinski definition) is 2. The molecule has 0 bridgehead atoms. The van der Waals surface area contributed by atoms with Crippen LogP contribution in [0.15, 0.2) is 66.7 Å². The first-order chi connectivity index (χ1) is 9.25. The van der Waals surface area contributed by atoms with Crippen LogP contribution in [0, 0.1) is 0 Å². The summed E-state index contributed by atoms with van der Waals surface area (Å²) < 4.78 is 0. The van der Waals surface area contributed by atoms with Gasteiger partial charge in [-0.3, -0.25) is 4.79 Å². The van der Waals surface area contributed by atoms with Crippen LogP contribution in [0.2, 0.25) is 0 Å².